The Bertz CT molecular complexity index is 1420. The molecule has 0 amide bonds. The Morgan fingerprint density at radius 3 is 2.53 bits per heavy atom. The zero-order chi connectivity index (χ0) is 20.8. The monoisotopic (exact) mass is 400 g/mol. The maximum Gasteiger partial charge on any atom is 0.336 e. The Balaban J connectivity index is 1.91. The first-order valence-corrected chi connectivity index (χ1v) is 10.0. The van der Waals surface area contributed by atoms with Crippen LogP contribution in [0.15, 0.2) is 67.0 Å². The van der Waals surface area contributed by atoms with E-state index in [1.54, 1.807) is 6.92 Å². The van der Waals surface area contributed by atoms with Gasteiger partial charge < -0.3 is 13.6 Å². The fourth-order valence-electron chi connectivity index (χ4n) is 4.13. The number of hydrogen-bond acceptors (Lipinski definition) is 5. The van der Waals surface area contributed by atoms with Crippen LogP contribution in [-0.2, 0) is 6.42 Å². The molecule has 1 aliphatic rings. The number of rotatable bonds is 3. The van der Waals surface area contributed by atoms with Crippen molar-refractivity contribution in [3.05, 3.63) is 91.6 Å². The van der Waals surface area contributed by atoms with Gasteiger partial charge >= 0.3 is 5.63 Å². The van der Waals surface area contributed by atoms with Crippen molar-refractivity contribution in [2.24, 2.45) is 0 Å². The standard InChI is InChI=1S/C25H20O5/c1-3-7-16-13-20(27)30-25-21(16)23-17(24-22(25)18(26)12-14(2)28-24)10-11-19(29-23)15-8-5-4-6-9-15/h4-6,8-13,19H,3,7H2,1-2H3. The van der Waals surface area contributed by atoms with E-state index in [4.69, 9.17) is 13.6 Å². The molecule has 2 aromatic carbocycles. The highest BCUT2D eigenvalue weighted by Gasteiger charge is 2.27. The lowest BCUT2D eigenvalue weighted by atomic mass is 9.96. The van der Waals surface area contributed by atoms with Crippen LogP contribution in [0.25, 0.3) is 28.0 Å². The lowest BCUT2D eigenvalue weighted by Crippen LogP contribution is -2.13. The summed E-state index contributed by atoms with van der Waals surface area (Å²) >= 11 is 0. The quantitative estimate of drug-likeness (QED) is 0.344. The van der Waals surface area contributed by atoms with Gasteiger partial charge in [0.1, 0.15) is 23.0 Å². The molecule has 0 N–H and O–H groups in total. The highest BCUT2D eigenvalue weighted by Crippen LogP contribution is 2.44. The van der Waals surface area contributed by atoms with E-state index in [1.165, 1.54) is 12.1 Å². The summed E-state index contributed by atoms with van der Waals surface area (Å²) in [6, 6.07) is 12.8. The smallest absolute Gasteiger partial charge is 0.336 e. The third kappa shape index (κ3) is 2.86. The van der Waals surface area contributed by atoms with Crippen molar-refractivity contribution >= 4 is 28.0 Å². The van der Waals surface area contributed by atoms with E-state index in [1.807, 2.05) is 49.4 Å². The summed E-state index contributed by atoms with van der Waals surface area (Å²) in [7, 11) is 0. The number of aryl methyl sites for hydroxylation is 2. The van der Waals surface area contributed by atoms with Crippen molar-refractivity contribution < 1.29 is 13.6 Å². The molecule has 2 aromatic heterocycles. The minimum Gasteiger partial charge on any atom is -0.480 e. The first-order valence-electron chi connectivity index (χ1n) is 10.0. The molecular formula is C25H20O5. The van der Waals surface area contributed by atoms with Crippen LogP contribution in [0, 0.1) is 6.92 Å². The molecule has 5 rings (SSSR count). The van der Waals surface area contributed by atoms with Gasteiger partial charge in [-0.15, -0.1) is 0 Å². The Labute approximate surface area is 172 Å². The van der Waals surface area contributed by atoms with E-state index >= 15 is 0 Å². The largest absolute Gasteiger partial charge is 0.480 e. The van der Waals surface area contributed by atoms with E-state index in [2.05, 4.69) is 0 Å². The summed E-state index contributed by atoms with van der Waals surface area (Å²) in [4.78, 5) is 25.2. The van der Waals surface area contributed by atoms with E-state index in [0.29, 0.717) is 34.5 Å². The van der Waals surface area contributed by atoms with Gasteiger partial charge in [-0.25, -0.2) is 4.79 Å². The Morgan fingerprint density at radius 2 is 1.77 bits per heavy atom. The Kier molecular flexibility index (Phi) is 4.31. The van der Waals surface area contributed by atoms with Gasteiger partial charge in [-0.1, -0.05) is 43.7 Å². The molecule has 30 heavy (non-hydrogen) atoms. The SMILES string of the molecule is CCCc1cc(=O)oc2c1c1c(c3oc(C)cc(=O)c32)C=CC(c2ccccc2)O1. The number of hydrogen-bond donors (Lipinski definition) is 0. The summed E-state index contributed by atoms with van der Waals surface area (Å²) in [5, 5.41) is 0.941. The van der Waals surface area contributed by atoms with Gasteiger partial charge in [0.15, 0.2) is 16.6 Å². The second kappa shape index (κ2) is 7.02. The summed E-state index contributed by atoms with van der Waals surface area (Å²) in [6.45, 7) is 3.76. The lowest BCUT2D eigenvalue weighted by Gasteiger charge is -2.24. The van der Waals surface area contributed by atoms with Crippen LogP contribution in [0.1, 0.15) is 41.9 Å². The van der Waals surface area contributed by atoms with Crippen LogP contribution in [0.2, 0.25) is 0 Å². The van der Waals surface area contributed by atoms with Crippen molar-refractivity contribution in [3.63, 3.8) is 0 Å². The molecule has 0 saturated carbocycles. The predicted octanol–water partition coefficient (Wildman–Crippen LogP) is 5.31. The molecule has 0 aliphatic carbocycles. The molecular weight excluding hydrogens is 380 g/mol. The molecule has 1 aliphatic heterocycles. The second-order valence-corrected chi connectivity index (χ2v) is 7.52. The molecule has 0 spiro atoms. The molecule has 5 heteroatoms. The molecule has 0 radical (unpaired) electrons. The zero-order valence-electron chi connectivity index (χ0n) is 16.7. The fourth-order valence-corrected chi connectivity index (χ4v) is 4.13. The highest BCUT2D eigenvalue weighted by molar-refractivity contribution is 6.10. The molecule has 0 bridgehead atoms. The fraction of sp³-hybridized carbons (Fsp3) is 0.200. The van der Waals surface area contributed by atoms with Crippen molar-refractivity contribution in [2.45, 2.75) is 32.8 Å². The van der Waals surface area contributed by atoms with Gasteiger partial charge in [0.25, 0.3) is 0 Å². The molecule has 0 fully saturated rings. The summed E-state index contributed by atoms with van der Waals surface area (Å²) < 4.78 is 17.9. The maximum atomic E-state index is 12.9. The van der Waals surface area contributed by atoms with Crippen LogP contribution in [0.3, 0.4) is 0 Å². The van der Waals surface area contributed by atoms with Crippen LogP contribution >= 0.6 is 0 Å². The van der Waals surface area contributed by atoms with Crippen molar-refractivity contribution in [1.29, 1.82) is 0 Å². The first-order chi connectivity index (χ1) is 14.6. The van der Waals surface area contributed by atoms with Crippen LogP contribution in [0.5, 0.6) is 5.75 Å². The molecule has 1 atom stereocenters. The molecule has 0 saturated heterocycles. The molecule has 3 heterocycles. The minimum absolute atomic E-state index is 0.232. The minimum atomic E-state index is -0.488. The average molecular weight is 400 g/mol. The normalized spacial score (nSPS) is 15.3. The van der Waals surface area contributed by atoms with Gasteiger partial charge in [-0.2, -0.15) is 0 Å². The molecule has 150 valence electrons. The van der Waals surface area contributed by atoms with Crippen LogP contribution in [-0.4, -0.2) is 0 Å². The van der Waals surface area contributed by atoms with Gasteiger partial charge in [0, 0.05) is 12.1 Å². The van der Waals surface area contributed by atoms with Crippen molar-refractivity contribution in [2.75, 3.05) is 0 Å². The second-order valence-electron chi connectivity index (χ2n) is 7.52. The number of ether oxygens (including phenoxy) is 1. The zero-order valence-corrected chi connectivity index (χ0v) is 16.7. The molecule has 5 nitrogen and oxygen atoms in total. The van der Waals surface area contributed by atoms with Crippen molar-refractivity contribution in [1.82, 2.24) is 0 Å². The van der Waals surface area contributed by atoms with Crippen molar-refractivity contribution in [3.8, 4) is 5.75 Å². The van der Waals surface area contributed by atoms with Gasteiger partial charge in [-0.3, -0.25) is 4.79 Å². The molecule has 4 aromatic rings. The Hall–Kier alpha value is -3.60. The summed E-state index contributed by atoms with van der Waals surface area (Å²) in [5.41, 5.74) is 2.39. The van der Waals surface area contributed by atoms with E-state index in [-0.39, 0.29) is 22.5 Å². The summed E-state index contributed by atoms with van der Waals surface area (Å²) in [5.74, 6) is 1.06. The van der Waals surface area contributed by atoms with E-state index < -0.39 is 5.63 Å². The third-order valence-electron chi connectivity index (χ3n) is 5.39. The van der Waals surface area contributed by atoms with E-state index in [0.717, 1.165) is 17.5 Å². The Morgan fingerprint density at radius 1 is 0.967 bits per heavy atom. The van der Waals surface area contributed by atoms with Gasteiger partial charge in [0.05, 0.1) is 10.9 Å². The average Bonchev–Trinajstić information content (AvgIpc) is 2.73. The number of benzene rings is 2. The van der Waals surface area contributed by atoms with Gasteiger partial charge in [-0.05, 0) is 36.6 Å². The maximum absolute atomic E-state index is 12.9. The highest BCUT2D eigenvalue weighted by atomic mass is 16.5. The lowest BCUT2D eigenvalue weighted by molar-refractivity contribution is 0.254. The third-order valence-corrected chi connectivity index (χ3v) is 5.39. The topological polar surface area (TPSA) is 69.7 Å². The van der Waals surface area contributed by atoms with E-state index in [9.17, 15) is 9.59 Å². The summed E-state index contributed by atoms with van der Waals surface area (Å²) in [6.07, 6.45) is 5.09. The van der Waals surface area contributed by atoms with Crippen LogP contribution in [0.4, 0.5) is 0 Å². The molecule has 1 unspecified atom stereocenters. The number of fused-ring (bicyclic) bond motifs is 6. The first kappa shape index (κ1) is 18.4. The van der Waals surface area contributed by atoms with Gasteiger partial charge in [0.2, 0.25) is 0 Å². The predicted molar refractivity (Wildman–Crippen MR) is 116 cm³/mol. The van der Waals surface area contributed by atoms with Crippen LogP contribution < -0.4 is 15.8 Å².